The fraction of sp³-hybridized carbons (Fsp3) is 0.541. The molecule has 3 aliphatic carbocycles. The van der Waals surface area contributed by atoms with E-state index < -0.39 is 77.1 Å². The molecule has 1 aromatic rings. The van der Waals surface area contributed by atoms with E-state index >= 15 is 0 Å². The van der Waals surface area contributed by atoms with Gasteiger partial charge in [-0.15, -0.1) is 0 Å². The first-order valence-corrected chi connectivity index (χ1v) is 16.0. The highest BCUT2D eigenvalue weighted by Gasteiger charge is 2.64. The molecule has 254 valence electrons. The van der Waals surface area contributed by atoms with E-state index in [1.54, 1.807) is 6.08 Å². The molecule has 0 N–H and O–H groups in total. The van der Waals surface area contributed by atoms with Gasteiger partial charge in [0.05, 0.1) is 5.41 Å². The van der Waals surface area contributed by atoms with Gasteiger partial charge in [0, 0.05) is 40.2 Å². The van der Waals surface area contributed by atoms with Gasteiger partial charge >= 0.3 is 29.8 Å². The molecule has 10 nitrogen and oxygen atoms in total. The van der Waals surface area contributed by atoms with Crippen molar-refractivity contribution in [2.24, 2.45) is 22.7 Å². The highest BCUT2D eigenvalue weighted by Crippen LogP contribution is 2.61. The van der Waals surface area contributed by atoms with Crippen molar-refractivity contribution in [1.29, 1.82) is 0 Å². The van der Waals surface area contributed by atoms with Crippen molar-refractivity contribution in [2.45, 2.75) is 105 Å². The number of hydrogen-bond donors (Lipinski definition) is 0. The molecule has 2 bridgehead atoms. The van der Waals surface area contributed by atoms with Crippen LogP contribution in [-0.2, 0) is 47.7 Å². The molecule has 0 spiro atoms. The molecule has 0 radical (unpaired) electrons. The molecular formula is C37H46O10. The summed E-state index contributed by atoms with van der Waals surface area (Å²) >= 11 is 0. The van der Waals surface area contributed by atoms with Gasteiger partial charge in [-0.25, -0.2) is 4.79 Å². The smallest absolute Gasteiger partial charge is 0.331 e. The van der Waals surface area contributed by atoms with Crippen molar-refractivity contribution < 1.29 is 47.7 Å². The van der Waals surface area contributed by atoms with Gasteiger partial charge < -0.3 is 23.7 Å². The summed E-state index contributed by atoms with van der Waals surface area (Å²) in [4.78, 5) is 63.6. The SMILES string of the molecule is C=C1[C@@H](OC(=O)C=Cc2ccccc2)C[C@H](OC(C)=O)[C@@]2(C)[C@@H]1C[C@H]1C[C@H](OC(C)=O)C(C)=C([C@@H](OC(C)=O)[C@@H]2OC(C)=O)C1(C)C. The molecule has 8 atom stereocenters. The number of hydrogen-bond acceptors (Lipinski definition) is 10. The highest BCUT2D eigenvalue weighted by atomic mass is 16.6. The van der Waals surface area contributed by atoms with Crippen molar-refractivity contribution in [1.82, 2.24) is 0 Å². The highest BCUT2D eigenvalue weighted by molar-refractivity contribution is 5.87. The van der Waals surface area contributed by atoms with E-state index in [4.69, 9.17) is 23.7 Å². The third-order valence-electron chi connectivity index (χ3n) is 10.2. The molecule has 0 heterocycles. The Morgan fingerprint density at radius 1 is 0.766 bits per heavy atom. The van der Waals surface area contributed by atoms with Crippen LogP contribution >= 0.6 is 0 Å². The van der Waals surface area contributed by atoms with Crippen molar-refractivity contribution in [2.75, 3.05) is 0 Å². The van der Waals surface area contributed by atoms with E-state index in [1.807, 2.05) is 58.0 Å². The Morgan fingerprint density at radius 3 is 1.94 bits per heavy atom. The minimum absolute atomic E-state index is 0.0447. The van der Waals surface area contributed by atoms with Gasteiger partial charge in [-0.1, -0.05) is 57.7 Å². The fourth-order valence-electron chi connectivity index (χ4n) is 8.02. The van der Waals surface area contributed by atoms with Crippen molar-refractivity contribution in [3.05, 3.63) is 65.3 Å². The first-order valence-electron chi connectivity index (χ1n) is 16.0. The van der Waals surface area contributed by atoms with Crippen molar-refractivity contribution >= 4 is 35.9 Å². The fourth-order valence-corrected chi connectivity index (χ4v) is 8.02. The monoisotopic (exact) mass is 650 g/mol. The van der Waals surface area contributed by atoms with Crippen LogP contribution in [0.3, 0.4) is 0 Å². The summed E-state index contributed by atoms with van der Waals surface area (Å²) in [5, 5.41) is 0. The summed E-state index contributed by atoms with van der Waals surface area (Å²) in [5.41, 5.74) is 0.978. The summed E-state index contributed by atoms with van der Waals surface area (Å²) in [6, 6.07) is 9.30. The number of fused-ring (bicyclic) bond motifs is 3. The maximum Gasteiger partial charge on any atom is 0.331 e. The molecule has 0 aliphatic heterocycles. The summed E-state index contributed by atoms with van der Waals surface area (Å²) in [7, 11) is 0. The quantitative estimate of drug-likeness (QED) is 0.157. The van der Waals surface area contributed by atoms with Gasteiger partial charge in [-0.05, 0) is 65.4 Å². The average molecular weight is 651 g/mol. The van der Waals surface area contributed by atoms with Gasteiger partial charge in [-0.3, -0.25) is 19.2 Å². The third-order valence-corrected chi connectivity index (χ3v) is 10.2. The summed E-state index contributed by atoms with van der Waals surface area (Å²) in [5.74, 6) is -3.57. The van der Waals surface area contributed by atoms with Crippen LogP contribution in [0.1, 0.15) is 80.2 Å². The van der Waals surface area contributed by atoms with E-state index in [-0.39, 0.29) is 12.3 Å². The van der Waals surface area contributed by atoms with E-state index in [0.29, 0.717) is 29.6 Å². The Labute approximate surface area is 276 Å². The molecule has 2 saturated carbocycles. The number of rotatable bonds is 7. The third kappa shape index (κ3) is 7.36. The van der Waals surface area contributed by atoms with Crippen LogP contribution in [0, 0.1) is 22.7 Å². The lowest BCUT2D eigenvalue weighted by atomic mass is 9.49. The van der Waals surface area contributed by atoms with E-state index in [1.165, 1.54) is 33.8 Å². The average Bonchev–Trinajstić information content (AvgIpc) is 2.96. The standard InChI is InChI=1S/C37H46O10/c1-20-28-17-27-18-29(43-22(3)38)21(2)33(36(27,7)8)34(45-24(5)40)35(46-25(6)41)37(28,9)31(44-23(4)39)19-30(20)47-32(42)16-15-26-13-11-10-12-14-26/h10-16,27-31,34-35H,1,17-19H2,2-9H3/t27-,28+,29-,30-,31-,34+,35-,37+/m0/s1. The topological polar surface area (TPSA) is 132 Å². The van der Waals surface area contributed by atoms with E-state index in [2.05, 4.69) is 6.58 Å². The lowest BCUT2D eigenvalue weighted by molar-refractivity contribution is -0.212. The van der Waals surface area contributed by atoms with Gasteiger partial charge in [0.1, 0.15) is 18.3 Å². The predicted octanol–water partition coefficient (Wildman–Crippen LogP) is 5.69. The first kappa shape index (κ1) is 35.6. The number of carbonyl (C=O) groups is 5. The lowest BCUT2D eigenvalue weighted by Gasteiger charge is -2.59. The van der Waals surface area contributed by atoms with Gasteiger partial charge in [-0.2, -0.15) is 0 Å². The maximum absolute atomic E-state index is 13.1. The molecule has 47 heavy (non-hydrogen) atoms. The van der Waals surface area contributed by atoms with Gasteiger partial charge in [0.15, 0.2) is 12.2 Å². The van der Waals surface area contributed by atoms with Crippen molar-refractivity contribution in [3.8, 4) is 0 Å². The summed E-state index contributed by atoms with van der Waals surface area (Å²) < 4.78 is 29.9. The Balaban J connectivity index is 1.89. The molecular weight excluding hydrogens is 604 g/mol. The van der Waals surface area contributed by atoms with Crippen LogP contribution in [0.4, 0.5) is 0 Å². The van der Waals surface area contributed by atoms with Crippen LogP contribution in [0.2, 0.25) is 0 Å². The Bertz CT molecular complexity index is 1490. The van der Waals surface area contributed by atoms with Gasteiger partial charge in [0.25, 0.3) is 0 Å². The zero-order valence-corrected chi connectivity index (χ0v) is 28.5. The molecule has 0 aromatic heterocycles. The normalized spacial score (nSPS) is 31.5. The molecule has 0 saturated heterocycles. The number of ether oxygens (including phenoxy) is 5. The Hall–Kier alpha value is -4.21. The van der Waals surface area contributed by atoms with Crippen LogP contribution < -0.4 is 0 Å². The summed E-state index contributed by atoms with van der Waals surface area (Å²) in [6.45, 7) is 17.4. The molecule has 10 heteroatoms. The predicted molar refractivity (Wildman–Crippen MR) is 172 cm³/mol. The lowest BCUT2D eigenvalue weighted by Crippen LogP contribution is -2.64. The molecule has 0 unspecified atom stereocenters. The number of benzene rings is 1. The Morgan fingerprint density at radius 2 is 1.36 bits per heavy atom. The molecule has 3 aliphatic rings. The zero-order valence-electron chi connectivity index (χ0n) is 28.5. The van der Waals surface area contributed by atoms with Crippen molar-refractivity contribution in [3.63, 3.8) is 0 Å². The largest absolute Gasteiger partial charge is 0.462 e. The van der Waals surface area contributed by atoms with Crippen LogP contribution in [0.25, 0.3) is 6.08 Å². The molecule has 2 fully saturated rings. The van der Waals surface area contributed by atoms with E-state index in [9.17, 15) is 24.0 Å². The van der Waals surface area contributed by atoms with Crippen LogP contribution in [0.5, 0.6) is 0 Å². The summed E-state index contributed by atoms with van der Waals surface area (Å²) in [6.07, 6.45) is -0.715. The Kier molecular flexibility index (Phi) is 10.5. The van der Waals surface area contributed by atoms with Gasteiger partial charge in [0.2, 0.25) is 0 Å². The minimum Gasteiger partial charge on any atom is -0.462 e. The van der Waals surface area contributed by atoms with Crippen LogP contribution in [0.15, 0.2) is 59.7 Å². The zero-order chi connectivity index (χ0) is 34.8. The second-order valence-corrected chi connectivity index (χ2v) is 13.6. The van der Waals surface area contributed by atoms with Crippen LogP contribution in [-0.4, -0.2) is 60.4 Å². The second kappa shape index (κ2) is 13.9. The minimum atomic E-state index is -1.17. The van der Waals surface area contributed by atoms with E-state index in [0.717, 1.165) is 5.56 Å². The molecule has 0 amide bonds. The number of carbonyl (C=O) groups excluding carboxylic acids is 5. The molecule has 1 aromatic carbocycles. The number of esters is 5. The first-order chi connectivity index (χ1) is 22.0. The molecule has 4 rings (SSSR count). The second-order valence-electron chi connectivity index (χ2n) is 13.6. The maximum atomic E-state index is 13.1.